The van der Waals surface area contributed by atoms with Gasteiger partial charge in [-0.1, -0.05) is 5.92 Å². The molecule has 1 heterocycles. The number of nitrogens with zero attached hydrogens (tertiary/aromatic N) is 1. The Kier molecular flexibility index (Phi) is 1.97. The van der Waals surface area contributed by atoms with Crippen LogP contribution >= 0.6 is 0 Å². The topological polar surface area (TPSA) is 54.7 Å². The standard InChI is InChI=1S/C8H11N3/c1-8(2,9)5-3-7-4-6-10-11-7/h4,6H,9H2,1-2H3,(H,10,11). The van der Waals surface area contributed by atoms with Gasteiger partial charge in [0.1, 0.15) is 5.69 Å². The number of nitrogens with two attached hydrogens (primary N) is 1. The molecule has 0 aliphatic heterocycles. The van der Waals surface area contributed by atoms with E-state index in [0.717, 1.165) is 5.69 Å². The van der Waals surface area contributed by atoms with Crippen molar-refractivity contribution >= 4 is 0 Å². The molecule has 0 atom stereocenters. The van der Waals surface area contributed by atoms with Crippen LogP contribution in [-0.4, -0.2) is 15.7 Å². The number of aromatic nitrogens is 2. The van der Waals surface area contributed by atoms with Gasteiger partial charge < -0.3 is 5.73 Å². The predicted molar refractivity (Wildman–Crippen MR) is 43.7 cm³/mol. The van der Waals surface area contributed by atoms with E-state index < -0.39 is 5.54 Å². The Morgan fingerprint density at radius 3 is 2.82 bits per heavy atom. The number of aromatic amines is 1. The van der Waals surface area contributed by atoms with Gasteiger partial charge in [0.05, 0.1) is 5.54 Å². The second-order valence-electron chi connectivity index (χ2n) is 2.94. The third-order valence-electron chi connectivity index (χ3n) is 1.02. The lowest BCUT2D eigenvalue weighted by Gasteiger charge is -2.06. The minimum Gasteiger partial charge on any atom is -0.316 e. The number of hydrogen-bond donors (Lipinski definition) is 2. The fourth-order valence-electron chi connectivity index (χ4n) is 0.554. The molecule has 0 aromatic carbocycles. The van der Waals surface area contributed by atoms with E-state index in [9.17, 15) is 0 Å². The molecule has 3 N–H and O–H groups in total. The van der Waals surface area contributed by atoms with E-state index in [0.29, 0.717) is 0 Å². The molecule has 0 bridgehead atoms. The zero-order valence-corrected chi connectivity index (χ0v) is 6.68. The highest BCUT2D eigenvalue weighted by molar-refractivity contribution is 5.29. The molecule has 0 aliphatic rings. The summed E-state index contributed by atoms with van der Waals surface area (Å²) >= 11 is 0. The highest BCUT2D eigenvalue weighted by Gasteiger charge is 2.03. The lowest BCUT2D eigenvalue weighted by atomic mass is 10.1. The molecule has 0 amide bonds. The van der Waals surface area contributed by atoms with Gasteiger partial charge in [0.2, 0.25) is 0 Å². The van der Waals surface area contributed by atoms with Gasteiger partial charge in [-0.2, -0.15) is 5.10 Å². The number of nitrogens with one attached hydrogen (secondary N) is 1. The molecular weight excluding hydrogens is 138 g/mol. The molecular formula is C8H11N3. The molecule has 0 fully saturated rings. The molecule has 1 aromatic rings. The highest BCUT2D eigenvalue weighted by atomic mass is 15.1. The van der Waals surface area contributed by atoms with Gasteiger partial charge in [0.15, 0.2) is 0 Å². The van der Waals surface area contributed by atoms with Gasteiger partial charge in [-0.05, 0) is 25.8 Å². The number of rotatable bonds is 0. The Bertz CT molecular complexity index is 269. The Morgan fingerprint density at radius 1 is 1.64 bits per heavy atom. The third kappa shape index (κ3) is 2.87. The monoisotopic (exact) mass is 149 g/mol. The molecule has 1 rings (SSSR count). The summed E-state index contributed by atoms with van der Waals surface area (Å²) in [5, 5.41) is 6.49. The van der Waals surface area contributed by atoms with Crippen molar-refractivity contribution in [3.8, 4) is 11.8 Å². The van der Waals surface area contributed by atoms with E-state index in [2.05, 4.69) is 22.0 Å². The zero-order chi connectivity index (χ0) is 8.32. The highest BCUT2D eigenvalue weighted by Crippen LogP contribution is 1.94. The largest absolute Gasteiger partial charge is 0.316 e. The molecule has 3 heteroatoms. The summed E-state index contributed by atoms with van der Waals surface area (Å²) in [6, 6.07) is 1.80. The molecule has 0 radical (unpaired) electrons. The molecule has 3 nitrogen and oxygen atoms in total. The SMILES string of the molecule is CC(C)(N)C#Cc1ccn[nH]1. The normalized spacial score (nSPS) is 10.5. The van der Waals surface area contributed by atoms with E-state index in [4.69, 9.17) is 5.73 Å². The van der Waals surface area contributed by atoms with Crippen molar-refractivity contribution in [2.24, 2.45) is 5.73 Å². The number of hydrogen-bond acceptors (Lipinski definition) is 2. The second-order valence-corrected chi connectivity index (χ2v) is 2.94. The average Bonchev–Trinajstić information content (AvgIpc) is 2.32. The Balaban J connectivity index is 2.74. The molecule has 0 saturated heterocycles. The third-order valence-corrected chi connectivity index (χ3v) is 1.02. The van der Waals surface area contributed by atoms with Crippen molar-refractivity contribution in [2.75, 3.05) is 0 Å². The fourth-order valence-corrected chi connectivity index (χ4v) is 0.554. The molecule has 11 heavy (non-hydrogen) atoms. The lowest BCUT2D eigenvalue weighted by Crippen LogP contribution is -2.29. The first kappa shape index (κ1) is 7.83. The quantitative estimate of drug-likeness (QED) is 0.528. The van der Waals surface area contributed by atoms with Crippen LogP contribution in [0, 0.1) is 11.8 Å². The van der Waals surface area contributed by atoms with Crippen LogP contribution in [0.4, 0.5) is 0 Å². The first-order valence-electron chi connectivity index (χ1n) is 3.39. The van der Waals surface area contributed by atoms with Crippen molar-refractivity contribution in [3.05, 3.63) is 18.0 Å². The second kappa shape index (κ2) is 2.77. The van der Waals surface area contributed by atoms with Gasteiger partial charge >= 0.3 is 0 Å². The summed E-state index contributed by atoms with van der Waals surface area (Å²) in [7, 11) is 0. The molecule has 1 aromatic heterocycles. The predicted octanol–water partition coefficient (Wildman–Crippen LogP) is 0.499. The first-order chi connectivity index (χ1) is 5.08. The van der Waals surface area contributed by atoms with Gasteiger partial charge in [-0.15, -0.1) is 0 Å². The van der Waals surface area contributed by atoms with Gasteiger partial charge in [-0.25, -0.2) is 0 Å². The van der Waals surface area contributed by atoms with Gasteiger partial charge in [-0.3, -0.25) is 5.10 Å². The molecule has 0 unspecified atom stereocenters. The van der Waals surface area contributed by atoms with Crippen LogP contribution in [0.2, 0.25) is 0 Å². The van der Waals surface area contributed by atoms with E-state index in [1.165, 1.54) is 0 Å². The van der Waals surface area contributed by atoms with E-state index >= 15 is 0 Å². The maximum Gasteiger partial charge on any atom is 0.107 e. The van der Waals surface area contributed by atoms with Crippen molar-refractivity contribution in [2.45, 2.75) is 19.4 Å². The summed E-state index contributed by atoms with van der Waals surface area (Å²) in [4.78, 5) is 0. The minimum atomic E-state index is -0.439. The minimum absolute atomic E-state index is 0.439. The maximum atomic E-state index is 5.64. The van der Waals surface area contributed by atoms with Crippen LogP contribution in [0.25, 0.3) is 0 Å². The fraction of sp³-hybridized carbons (Fsp3) is 0.375. The van der Waals surface area contributed by atoms with Crippen LogP contribution in [0.3, 0.4) is 0 Å². The van der Waals surface area contributed by atoms with Crippen molar-refractivity contribution in [3.63, 3.8) is 0 Å². The van der Waals surface area contributed by atoms with Crippen molar-refractivity contribution in [1.82, 2.24) is 10.2 Å². The van der Waals surface area contributed by atoms with E-state index in [1.54, 1.807) is 12.3 Å². The first-order valence-corrected chi connectivity index (χ1v) is 3.39. The van der Waals surface area contributed by atoms with Gasteiger partial charge in [0.25, 0.3) is 0 Å². The molecule has 0 saturated carbocycles. The Morgan fingerprint density at radius 2 is 2.36 bits per heavy atom. The zero-order valence-electron chi connectivity index (χ0n) is 6.68. The van der Waals surface area contributed by atoms with Crippen molar-refractivity contribution in [1.29, 1.82) is 0 Å². The van der Waals surface area contributed by atoms with Crippen LogP contribution in [-0.2, 0) is 0 Å². The smallest absolute Gasteiger partial charge is 0.107 e. The Hall–Kier alpha value is -1.27. The van der Waals surface area contributed by atoms with Gasteiger partial charge in [0, 0.05) is 6.20 Å². The summed E-state index contributed by atoms with van der Waals surface area (Å²) in [5.41, 5.74) is 6.00. The van der Waals surface area contributed by atoms with Crippen LogP contribution in [0.15, 0.2) is 12.3 Å². The van der Waals surface area contributed by atoms with E-state index in [1.807, 2.05) is 13.8 Å². The summed E-state index contributed by atoms with van der Waals surface area (Å²) in [5.74, 6) is 5.75. The summed E-state index contributed by atoms with van der Waals surface area (Å²) in [6.07, 6.45) is 1.66. The Labute approximate surface area is 66.0 Å². The summed E-state index contributed by atoms with van der Waals surface area (Å²) in [6.45, 7) is 3.72. The summed E-state index contributed by atoms with van der Waals surface area (Å²) < 4.78 is 0. The molecule has 58 valence electrons. The van der Waals surface area contributed by atoms with Crippen molar-refractivity contribution < 1.29 is 0 Å². The molecule has 0 aliphatic carbocycles. The lowest BCUT2D eigenvalue weighted by molar-refractivity contribution is 0.680. The van der Waals surface area contributed by atoms with E-state index in [-0.39, 0.29) is 0 Å². The van der Waals surface area contributed by atoms with Crippen LogP contribution < -0.4 is 5.73 Å². The average molecular weight is 149 g/mol. The number of H-pyrrole nitrogens is 1. The maximum absolute atomic E-state index is 5.64. The van der Waals surface area contributed by atoms with Crippen LogP contribution in [0.1, 0.15) is 19.5 Å². The van der Waals surface area contributed by atoms with Crippen LogP contribution in [0.5, 0.6) is 0 Å². The molecule has 0 spiro atoms.